The second-order valence-corrected chi connectivity index (χ2v) is 16.4. The normalized spacial score (nSPS) is 18.7. The summed E-state index contributed by atoms with van der Waals surface area (Å²) < 4.78 is 0. The molecule has 2 aliphatic rings. The predicted molar refractivity (Wildman–Crippen MR) is 213 cm³/mol. The first-order chi connectivity index (χ1) is 27.9. The third kappa shape index (κ3) is 19.4. The van der Waals surface area contributed by atoms with Gasteiger partial charge in [0.05, 0.1) is 25.2 Å². The van der Waals surface area contributed by atoms with Crippen molar-refractivity contribution in [2.75, 3.05) is 25.4 Å². The molecule has 7 atom stereocenters. The molecule has 11 amide bonds. The van der Waals surface area contributed by atoms with Gasteiger partial charge in [0.1, 0.15) is 18.1 Å². The van der Waals surface area contributed by atoms with Crippen molar-refractivity contribution in [2.45, 2.75) is 127 Å². The number of nitrogens with two attached hydrogens (primary N) is 2. The molecule has 2 heterocycles. The molecule has 0 spiro atoms. The Kier molecular flexibility index (Phi) is 22.0. The van der Waals surface area contributed by atoms with Crippen molar-refractivity contribution in [3.05, 3.63) is 0 Å². The zero-order chi connectivity index (χ0) is 44.1. The lowest BCUT2D eigenvalue weighted by atomic mass is 9.93. The molecule has 2 fully saturated rings. The average molecular weight is 856 g/mol. The molecule has 2 saturated heterocycles. The van der Waals surface area contributed by atoms with Crippen LogP contribution in [0.3, 0.4) is 0 Å². The maximum atomic E-state index is 12.9. The van der Waals surface area contributed by atoms with Crippen molar-refractivity contribution in [3.63, 3.8) is 0 Å². The first-order valence-corrected chi connectivity index (χ1v) is 20.8. The van der Waals surface area contributed by atoms with Gasteiger partial charge < -0.3 is 54.0 Å². The third-order valence-electron chi connectivity index (χ3n) is 9.62. The molecular weight excluding hydrogens is 795 g/mol. The Morgan fingerprint density at radius 2 is 1.46 bits per heavy atom. The highest BCUT2D eigenvalue weighted by atomic mass is 32.2. The van der Waals surface area contributed by atoms with E-state index in [0.29, 0.717) is 31.1 Å². The summed E-state index contributed by atoms with van der Waals surface area (Å²) in [5.41, 5.74) is 12.1. The van der Waals surface area contributed by atoms with Crippen LogP contribution >= 0.6 is 11.8 Å². The molecule has 1 unspecified atom stereocenters. The lowest BCUT2D eigenvalue weighted by Crippen LogP contribution is -2.54. The number of hydroxylamine groups is 1. The van der Waals surface area contributed by atoms with E-state index in [1.165, 1.54) is 12.4 Å². The molecular formula is C36H61N11O11S. The second kappa shape index (κ2) is 26.0. The van der Waals surface area contributed by atoms with E-state index in [1.54, 1.807) is 0 Å². The molecule has 23 heteroatoms. The van der Waals surface area contributed by atoms with E-state index >= 15 is 0 Å². The number of fused-ring (bicyclic) bond motifs is 1. The molecule has 0 aromatic rings. The van der Waals surface area contributed by atoms with Gasteiger partial charge in [-0.05, 0) is 57.8 Å². The topological polar surface area (TPSA) is 351 Å². The number of hydrogen-bond acceptors (Lipinski definition) is 12. The van der Waals surface area contributed by atoms with E-state index < -0.39 is 84.4 Å². The van der Waals surface area contributed by atoms with Crippen molar-refractivity contribution in [1.82, 2.24) is 48.0 Å². The second-order valence-electron chi connectivity index (χ2n) is 15.1. The molecule has 0 saturated carbocycles. The van der Waals surface area contributed by atoms with E-state index in [0.717, 1.165) is 25.0 Å². The van der Waals surface area contributed by atoms with Gasteiger partial charge in [0.2, 0.25) is 53.2 Å². The van der Waals surface area contributed by atoms with E-state index in [9.17, 15) is 47.9 Å². The summed E-state index contributed by atoms with van der Waals surface area (Å²) in [7, 11) is 0. The molecule has 2 aliphatic heterocycles. The maximum Gasteiger partial charge on any atom is 0.315 e. The van der Waals surface area contributed by atoms with Gasteiger partial charge in [0, 0.05) is 42.7 Å². The maximum absolute atomic E-state index is 12.9. The predicted octanol–water partition coefficient (Wildman–Crippen LogP) is -2.99. The molecule has 0 aliphatic carbocycles. The Morgan fingerprint density at radius 1 is 0.746 bits per heavy atom. The highest BCUT2D eigenvalue weighted by molar-refractivity contribution is 8.00. The van der Waals surface area contributed by atoms with Crippen LogP contribution in [-0.4, -0.2) is 125 Å². The number of amides is 11. The zero-order valence-corrected chi connectivity index (χ0v) is 34.6. The average Bonchev–Trinajstić information content (AvgIpc) is 3.73. The summed E-state index contributed by atoms with van der Waals surface area (Å²) in [6, 6.07) is -3.41. The van der Waals surface area contributed by atoms with Gasteiger partial charge in [-0.25, -0.2) is 10.3 Å². The molecule has 0 aromatic carbocycles. The Labute approximate surface area is 347 Å². The Bertz CT molecular complexity index is 1520. The van der Waals surface area contributed by atoms with Gasteiger partial charge in [0.25, 0.3) is 0 Å². The fourth-order valence-corrected chi connectivity index (χ4v) is 8.04. The van der Waals surface area contributed by atoms with Gasteiger partial charge >= 0.3 is 6.03 Å². The molecule has 22 nitrogen and oxygen atoms in total. The SMILES string of the molecule is CC(C)CC(CC(=O)NO)C(=O)N[C@@H](C)C(=O)N[C@@H](CCC(N)=O)C(=O)NCC(=O)NCC(=O)N[C@@H](CCCCNC(=O)CCCC[C@@H]1SC[C@@H]2NC(=O)N[C@@H]21)C(N)=O. The molecule has 2 rings (SSSR count). The minimum Gasteiger partial charge on any atom is -0.370 e. The Hall–Kier alpha value is -5.19. The lowest BCUT2D eigenvalue weighted by molar-refractivity contribution is -0.137. The Morgan fingerprint density at radius 3 is 2.12 bits per heavy atom. The number of hydrogen-bond donors (Lipinski definition) is 12. The van der Waals surface area contributed by atoms with Crippen LogP contribution < -0.4 is 59.5 Å². The van der Waals surface area contributed by atoms with Crippen LogP contribution in [0.4, 0.5) is 4.79 Å². The van der Waals surface area contributed by atoms with Crippen LogP contribution in [-0.2, 0) is 43.2 Å². The van der Waals surface area contributed by atoms with Crippen LogP contribution in [0, 0.1) is 11.8 Å². The van der Waals surface area contributed by atoms with Gasteiger partial charge in [0.15, 0.2) is 0 Å². The van der Waals surface area contributed by atoms with Gasteiger partial charge in [-0.3, -0.25) is 48.4 Å². The number of nitrogens with one attached hydrogen (secondary N) is 9. The monoisotopic (exact) mass is 855 g/mol. The van der Waals surface area contributed by atoms with Gasteiger partial charge in [-0.15, -0.1) is 0 Å². The summed E-state index contributed by atoms with van der Waals surface area (Å²) >= 11 is 1.83. The minimum atomic E-state index is -1.35. The number of rotatable bonds is 28. The smallest absolute Gasteiger partial charge is 0.315 e. The standard InChI is InChI=1S/C36H61N11O11S/c1-19(2)14-21(15-28(50)47-58)34(55)42-20(3)33(54)44-23(11-12-26(37)48)35(56)41-16-29(51)40-17-30(52)43-22(32(38)53)8-6-7-13-39-27(49)10-5-4-9-25-31-24(18-59-25)45-36(57)46-31/h19-25,31,58H,4-18H2,1-3H3,(H2,37,48)(H2,38,53)(H,39,49)(H,40,51)(H,41,56)(H,42,55)(H,43,52)(H,44,54)(H,47,50)(H2,45,46,57)/t20-,21?,22-,23-,24-,25-,31-/m0/s1. The fourth-order valence-electron chi connectivity index (χ4n) is 6.50. The lowest BCUT2D eigenvalue weighted by Gasteiger charge is -2.23. The zero-order valence-electron chi connectivity index (χ0n) is 33.8. The van der Waals surface area contributed by atoms with Crippen molar-refractivity contribution < 1.29 is 53.2 Å². The van der Waals surface area contributed by atoms with Crippen LogP contribution in [0.1, 0.15) is 91.4 Å². The number of primary amides is 2. The van der Waals surface area contributed by atoms with Crippen LogP contribution in [0.25, 0.3) is 0 Å². The summed E-state index contributed by atoms with van der Waals surface area (Å²) in [6.45, 7) is 4.17. The number of carbonyl (C=O) groups excluding carboxylic acids is 10. The van der Waals surface area contributed by atoms with Crippen molar-refractivity contribution in [3.8, 4) is 0 Å². The van der Waals surface area contributed by atoms with E-state index in [1.807, 2.05) is 25.6 Å². The van der Waals surface area contributed by atoms with Gasteiger partial charge in [-0.1, -0.05) is 20.3 Å². The summed E-state index contributed by atoms with van der Waals surface area (Å²) in [5.74, 6) is -6.24. The fraction of sp³-hybridized carbons (Fsp3) is 0.722. The quantitative estimate of drug-likeness (QED) is 0.0162. The molecule has 14 N–H and O–H groups in total. The summed E-state index contributed by atoms with van der Waals surface area (Å²) in [6.07, 6.45) is 3.42. The first kappa shape index (κ1) is 50.0. The van der Waals surface area contributed by atoms with Crippen LogP contribution in [0.2, 0.25) is 0 Å². The number of thioether (sulfide) groups is 1. The van der Waals surface area contributed by atoms with Crippen LogP contribution in [0.15, 0.2) is 0 Å². The van der Waals surface area contributed by atoms with Crippen molar-refractivity contribution >= 4 is 71.0 Å². The van der Waals surface area contributed by atoms with E-state index in [-0.39, 0.29) is 62.0 Å². The number of urea groups is 1. The number of carbonyl (C=O) groups is 10. The Balaban J connectivity index is 1.70. The van der Waals surface area contributed by atoms with Crippen molar-refractivity contribution in [2.24, 2.45) is 23.3 Å². The van der Waals surface area contributed by atoms with E-state index in [2.05, 4.69) is 42.5 Å². The van der Waals surface area contributed by atoms with E-state index in [4.69, 9.17) is 16.7 Å². The number of unbranched alkanes of at least 4 members (excludes halogenated alkanes) is 2. The first-order valence-electron chi connectivity index (χ1n) is 19.8. The minimum absolute atomic E-state index is 0.00525. The summed E-state index contributed by atoms with van der Waals surface area (Å²) in [5, 5.41) is 29.8. The van der Waals surface area contributed by atoms with Gasteiger partial charge in [-0.2, -0.15) is 11.8 Å². The van der Waals surface area contributed by atoms with Crippen molar-refractivity contribution in [1.29, 1.82) is 0 Å². The third-order valence-corrected chi connectivity index (χ3v) is 11.1. The summed E-state index contributed by atoms with van der Waals surface area (Å²) in [4.78, 5) is 122. The molecule has 332 valence electrons. The molecule has 59 heavy (non-hydrogen) atoms. The highest BCUT2D eigenvalue weighted by Gasteiger charge is 2.42. The largest absolute Gasteiger partial charge is 0.370 e. The molecule has 0 aromatic heterocycles. The highest BCUT2D eigenvalue weighted by Crippen LogP contribution is 2.33. The molecule has 0 bridgehead atoms. The van der Waals surface area contributed by atoms with Crippen LogP contribution in [0.5, 0.6) is 0 Å². The molecule has 0 radical (unpaired) electrons.